The van der Waals surface area contributed by atoms with Crippen LogP contribution in [0.1, 0.15) is 35.6 Å². The fourth-order valence-corrected chi connectivity index (χ4v) is 1.87. The van der Waals surface area contributed by atoms with Crippen LogP contribution in [0.5, 0.6) is 5.75 Å². The van der Waals surface area contributed by atoms with Crippen LogP contribution in [0.2, 0.25) is 0 Å². The Balaban J connectivity index is 0.00000112. The molecule has 2 N–H and O–H groups in total. The Kier molecular flexibility index (Phi) is 4.00. The summed E-state index contributed by atoms with van der Waals surface area (Å²) in [6.45, 7) is 5.02. The van der Waals surface area contributed by atoms with E-state index in [1.54, 1.807) is 0 Å². The molecule has 0 aromatic heterocycles. The minimum atomic E-state index is 0. The number of halogens is 1. The molecule has 84 valence electrons. The number of benzene rings is 1. The van der Waals surface area contributed by atoms with Gasteiger partial charge in [-0.25, -0.2) is 0 Å². The van der Waals surface area contributed by atoms with Crippen molar-refractivity contribution in [2.45, 2.75) is 32.7 Å². The number of nitrogens with two attached hydrogens (primary N) is 1. The average Bonchev–Trinajstić information content (AvgIpc) is 2.31. The number of fused-ring (bicyclic) bond motifs is 1. The van der Waals surface area contributed by atoms with Gasteiger partial charge in [0.15, 0.2) is 0 Å². The van der Waals surface area contributed by atoms with Crippen LogP contribution in [-0.2, 0) is 0 Å². The Labute approximate surface area is 97.2 Å². The molecule has 3 heteroatoms. The summed E-state index contributed by atoms with van der Waals surface area (Å²) in [5.74, 6) is 0.984. The first-order valence-corrected chi connectivity index (χ1v) is 5.18. The summed E-state index contributed by atoms with van der Waals surface area (Å²) in [6, 6.07) is 4.42. The van der Waals surface area contributed by atoms with E-state index in [1.807, 2.05) is 0 Å². The standard InChI is InChI=1S/C12H17NO.ClH/c1-8-6-10-11(13)4-3-5-14-12(10)7-9(8)2;/h6-7,11H,3-5,13H2,1-2H3;1H. The fraction of sp³-hybridized carbons (Fsp3) is 0.500. The van der Waals surface area contributed by atoms with Gasteiger partial charge in [-0.05, 0) is 43.9 Å². The third kappa shape index (κ3) is 2.44. The zero-order valence-electron chi connectivity index (χ0n) is 9.25. The lowest BCUT2D eigenvalue weighted by atomic mass is 9.98. The van der Waals surface area contributed by atoms with E-state index in [0.29, 0.717) is 0 Å². The summed E-state index contributed by atoms with van der Waals surface area (Å²) < 4.78 is 5.67. The zero-order chi connectivity index (χ0) is 10.1. The second-order valence-corrected chi connectivity index (χ2v) is 4.07. The van der Waals surface area contributed by atoms with E-state index >= 15 is 0 Å². The molecule has 1 aliphatic rings. The molecule has 1 aromatic rings. The second kappa shape index (κ2) is 4.86. The van der Waals surface area contributed by atoms with Crippen LogP contribution < -0.4 is 10.5 Å². The van der Waals surface area contributed by atoms with Gasteiger partial charge in [0.05, 0.1) is 6.61 Å². The van der Waals surface area contributed by atoms with Crippen molar-refractivity contribution < 1.29 is 4.74 Å². The molecule has 1 aliphatic heterocycles. The van der Waals surface area contributed by atoms with Gasteiger partial charge >= 0.3 is 0 Å². The number of ether oxygens (including phenoxy) is 1. The van der Waals surface area contributed by atoms with Gasteiger partial charge in [-0.2, -0.15) is 0 Å². The van der Waals surface area contributed by atoms with Crippen LogP contribution in [0.3, 0.4) is 0 Å². The summed E-state index contributed by atoms with van der Waals surface area (Å²) in [7, 11) is 0. The summed E-state index contributed by atoms with van der Waals surface area (Å²) >= 11 is 0. The Morgan fingerprint density at radius 3 is 2.67 bits per heavy atom. The highest BCUT2D eigenvalue weighted by Gasteiger charge is 2.16. The molecule has 1 heterocycles. The molecule has 0 fully saturated rings. The SMILES string of the molecule is Cc1cc2c(cc1C)C(N)CCCO2.Cl. The summed E-state index contributed by atoms with van der Waals surface area (Å²) in [5.41, 5.74) is 9.83. The van der Waals surface area contributed by atoms with Gasteiger partial charge in [-0.15, -0.1) is 12.4 Å². The smallest absolute Gasteiger partial charge is 0.124 e. The average molecular weight is 228 g/mol. The number of hydrogen-bond donors (Lipinski definition) is 1. The second-order valence-electron chi connectivity index (χ2n) is 4.07. The maximum Gasteiger partial charge on any atom is 0.124 e. The van der Waals surface area contributed by atoms with Gasteiger partial charge in [-0.1, -0.05) is 6.07 Å². The van der Waals surface area contributed by atoms with E-state index in [9.17, 15) is 0 Å². The Bertz CT molecular complexity index is 352. The molecule has 1 aromatic carbocycles. The molecule has 0 bridgehead atoms. The Hall–Kier alpha value is -0.730. The quantitative estimate of drug-likeness (QED) is 0.740. The molecule has 0 spiro atoms. The van der Waals surface area contributed by atoms with Gasteiger partial charge in [0.1, 0.15) is 5.75 Å². The topological polar surface area (TPSA) is 35.2 Å². The number of aryl methyl sites for hydroxylation is 2. The first-order chi connectivity index (χ1) is 6.68. The van der Waals surface area contributed by atoms with Gasteiger partial charge in [-0.3, -0.25) is 0 Å². The maximum atomic E-state index is 6.09. The van der Waals surface area contributed by atoms with E-state index in [2.05, 4.69) is 26.0 Å². The van der Waals surface area contributed by atoms with Crippen molar-refractivity contribution in [3.05, 3.63) is 28.8 Å². The van der Waals surface area contributed by atoms with Crippen LogP contribution in [0, 0.1) is 13.8 Å². The molecule has 0 saturated heterocycles. The van der Waals surface area contributed by atoms with E-state index in [0.717, 1.165) is 25.2 Å². The van der Waals surface area contributed by atoms with E-state index < -0.39 is 0 Å². The first kappa shape index (κ1) is 12.3. The van der Waals surface area contributed by atoms with Crippen molar-refractivity contribution in [2.75, 3.05) is 6.61 Å². The van der Waals surface area contributed by atoms with Gasteiger partial charge in [0.25, 0.3) is 0 Å². The van der Waals surface area contributed by atoms with Crippen molar-refractivity contribution in [2.24, 2.45) is 5.73 Å². The van der Waals surface area contributed by atoms with Crippen molar-refractivity contribution >= 4 is 12.4 Å². The van der Waals surface area contributed by atoms with Crippen molar-refractivity contribution in [3.8, 4) is 5.75 Å². The predicted octanol–water partition coefficient (Wildman–Crippen LogP) is 2.90. The minimum Gasteiger partial charge on any atom is -0.493 e. The minimum absolute atomic E-state index is 0. The fourth-order valence-electron chi connectivity index (χ4n) is 1.87. The molecule has 1 unspecified atom stereocenters. The molecule has 0 amide bonds. The monoisotopic (exact) mass is 227 g/mol. The lowest BCUT2D eigenvalue weighted by Crippen LogP contribution is -2.09. The van der Waals surface area contributed by atoms with Gasteiger partial charge in [0, 0.05) is 11.6 Å². The van der Waals surface area contributed by atoms with Crippen LogP contribution in [0.25, 0.3) is 0 Å². The highest BCUT2D eigenvalue weighted by Crippen LogP contribution is 2.32. The first-order valence-electron chi connectivity index (χ1n) is 5.18. The highest BCUT2D eigenvalue weighted by atomic mass is 35.5. The molecule has 1 atom stereocenters. The molecule has 2 rings (SSSR count). The highest BCUT2D eigenvalue weighted by molar-refractivity contribution is 5.85. The molecule has 15 heavy (non-hydrogen) atoms. The molecule has 0 saturated carbocycles. The van der Waals surface area contributed by atoms with Crippen molar-refractivity contribution in [1.82, 2.24) is 0 Å². The lowest BCUT2D eigenvalue weighted by Gasteiger charge is -2.14. The van der Waals surface area contributed by atoms with Crippen LogP contribution in [0.15, 0.2) is 12.1 Å². The van der Waals surface area contributed by atoms with Crippen molar-refractivity contribution in [3.63, 3.8) is 0 Å². The third-order valence-corrected chi connectivity index (χ3v) is 2.94. The molecule has 0 radical (unpaired) electrons. The van der Waals surface area contributed by atoms with Crippen LogP contribution in [0.4, 0.5) is 0 Å². The molecule has 2 nitrogen and oxygen atoms in total. The summed E-state index contributed by atoms with van der Waals surface area (Å²) in [4.78, 5) is 0. The Morgan fingerprint density at radius 1 is 1.27 bits per heavy atom. The predicted molar refractivity (Wildman–Crippen MR) is 64.8 cm³/mol. The molecular formula is C12H18ClNO. The van der Waals surface area contributed by atoms with Crippen molar-refractivity contribution in [1.29, 1.82) is 0 Å². The Morgan fingerprint density at radius 2 is 1.93 bits per heavy atom. The van der Waals surface area contributed by atoms with E-state index in [1.165, 1.54) is 16.7 Å². The normalized spacial score (nSPS) is 19.5. The summed E-state index contributed by atoms with van der Waals surface area (Å²) in [6.07, 6.45) is 2.07. The number of rotatable bonds is 0. The van der Waals surface area contributed by atoms with Gasteiger partial charge < -0.3 is 10.5 Å². The van der Waals surface area contributed by atoms with Crippen LogP contribution >= 0.6 is 12.4 Å². The lowest BCUT2D eigenvalue weighted by molar-refractivity contribution is 0.316. The number of hydrogen-bond acceptors (Lipinski definition) is 2. The van der Waals surface area contributed by atoms with E-state index in [-0.39, 0.29) is 18.4 Å². The maximum absolute atomic E-state index is 6.09. The third-order valence-electron chi connectivity index (χ3n) is 2.94. The summed E-state index contributed by atoms with van der Waals surface area (Å²) in [5, 5.41) is 0. The molecule has 0 aliphatic carbocycles. The zero-order valence-corrected chi connectivity index (χ0v) is 10.1. The largest absolute Gasteiger partial charge is 0.493 e. The van der Waals surface area contributed by atoms with Crippen LogP contribution in [-0.4, -0.2) is 6.61 Å². The van der Waals surface area contributed by atoms with Gasteiger partial charge in [0.2, 0.25) is 0 Å². The van der Waals surface area contributed by atoms with E-state index in [4.69, 9.17) is 10.5 Å². The molecular weight excluding hydrogens is 210 g/mol.